The van der Waals surface area contributed by atoms with Crippen molar-refractivity contribution in [2.24, 2.45) is 0 Å². The van der Waals surface area contributed by atoms with Crippen LogP contribution in [0.2, 0.25) is 5.15 Å². The van der Waals surface area contributed by atoms with E-state index in [-0.39, 0.29) is 11.7 Å². The maximum Gasteiger partial charge on any atom is 0.326 e. The highest BCUT2D eigenvalue weighted by Gasteiger charge is 2.09. The summed E-state index contributed by atoms with van der Waals surface area (Å²) < 4.78 is 1.66. The molecule has 0 aliphatic carbocycles. The zero-order valence-corrected chi connectivity index (χ0v) is 8.67. The van der Waals surface area contributed by atoms with E-state index in [1.54, 1.807) is 16.8 Å². The first-order valence-electron chi connectivity index (χ1n) is 4.35. The zero-order chi connectivity index (χ0) is 10.3. The Labute approximate surface area is 85.5 Å². The predicted octanol–water partition coefficient (Wildman–Crippen LogP) is 1.96. The lowest BCUT2D eigenvalue weighted by Crippen LogP contribution is -2.18. The van der Waals surface area contributed by atoms with E-state index < -0.39 is 0 Å². The Morgan fingerprint density at radius 3 is 2.93 bits per heavy atom. The van der Waals surface area contributed by atoms with Crippen LogP contribution >= 0.6 is 11.6 Å². The van der Waals surface area contributed by atoms with Crippen molar-refractivity contribution >= 4 is 22.6 Å². The summed E-state index contributed by atoms with van der Waals surface area (Å²) in [7, 11) is 0. The Morgan fingerprint density at radius 1 is 1.57 bits per heavy atom. The quantitative estimate of drug-likeness (QED) is 0.734. The summed E-state index contributed by atoms with van der Waals surface area (Å²) in [5.74, 6) is 0. The maximum atomic E-state index is 11.5. The highest BCUT2D eigenvalue weighted by atomic mass is 35.5. The average molecular weight is 212 g/mol. The summed E-state index contributed by atoms with van der Waals surface area (Å²) in [4.78, 5) is 18.2. The third-order valence-electron chi connectivity index (χ3n) is 2.09. The Bertz CT molecular complexity index is 526. The van der Waals surface area contributed by atoms with E-state index in [9.17, 15) is 4.79 Å². The molecular weight excluding hydrogens is 202 g/mol. The van der Waals surface area contributed by atoms with Crippen molar-refractivity contribution in [1.29, 1.82) is 0 Å². The smallest absolute Gasteiger partial charge is 0.304 e. The number of hydrogen-bond acceptors (Lipinski definition) is 2. The summed E-state index contributed by atoms with van der Waals surface area (Å²) in [6.45, 7) is 3.89. The fourth-order valence-corrected chi connectivity index (χ4v) is 1.67. The van der Waals surface area contributed by atoms with Crippen LogP contribution in [0.5, 0.6) is 0 Å². The second-order valence-electron chi connectivity index (χ2n) is 3.42. The van der Waals surface area contributed by atoms with Crippen LogP contribution in [-0.4, -0.2) is 14.5 Å². The summed E-state index contributed by atoms with van der Waals surface area (Å²) in [6, 6.07) is 1.80. The summed E-state index contributed by atoms with van der Waals surface area (Å²) in [5, 5.41) is 0.394. The number of rotatable bonds is 1. The molecule has 14 heavy (non-hydrogen) atoms. The Kier molecular flexibility index (Phi) is 2.07. The number of halogens is 1. The van der Waals surface area contributed by atoms with Crippen LogP contribution in [0.15, 0.2) is 17.1 Å². The summed E-state index contributed by atoms with van der Waals surface area (Å²) >= 11 is 5.76. The fraction of sp³-hybridized carbons (Fsp3) is 0.333. The van der Waals surface area contributed by atoms with Gasteiger partial charge < -0.3 is 4.98 Å². The Hall–Kier alpha value is -1.29. The van der Waals surface area contributed by atoms with Crippen LogP contribution in [0.25, 0.3) is 11.0 Å². The molecule has 1 N–H and O–H groups in total. The Balaban J connectivity index is 2.86. The van der Waals surface area contributed by atoms with Gasteiger partial charge in [0, 0.05) is 12.1 Å². The SMILES string of the molecule is CC(C)n1c(=O)[nH]c2cnc(Cl)cc21. The van der Waals surface area contributed by atoms with E-state index in [1.807, 2.05) is 13.8 Å². The topological polar surface area (TPSA) is 50.7 Å². The lowest BCUT2D eigenvalue weighted by Gasteiger charge is -2.05. The van der Waals surface area contributed by atoms with Gasteiger partial charge in [-0.1, -0.05) is 11.6 Å². The highest BCUT2D eigenvalue weighted by molar-refractivity contribution is 6.29. The van der Waals surface area contributed by atoms with Crippen LogP contribution in [0.3, 0.4) is 0 Å². The molecule has 74 valence electrons. The van der Waals surface area contributed by atoms with Gasteiger partial charge in [-0.2, -0.15) is 0 Å². The summed E-state index contributed by atoms with van der Waals surface area (Å²) in [5.41, 5.74) is 1.39. The number of nitrogens with one attached hydrogen (secondary N) is 1. The van der Waals surface area contributed by atoms with Crippen molar-refractivity contribution in [1.82, 2.24) is 14.5 Å². The van der Waals surface area contributed by atoms with Gasteiger partial charge in [0.1, 0.15) is 5.15 Å². The van der Waals surface area contributed by atoms with E-state index >= 15 is 0 Å². The van der Waals surface area contributed by atoms with Crippen LogP contribution in [0.4, 0.5) is 0 Å². The van der Waals surface area contributed by atoms with Crippen molar-refractivity contribution in [3.63, 3.8) is 0 Å². The molecular formula is C9H10ClN3O. The molecule has 0 aromatic carbocycles. The molecule has 2 heterocycles. The number of fused-ring (bicyclic) bond motifs is 1. The molecule has 0 saturated heterocycles. The number of aromatic nitrogens is 3. The lowest BCUT2D eigenvalue weighted by molar-refractivity contribution is 0.598. The first-order chi connectivity index (χ1) is 6.59. The van der Waals surface area contributed by atoms with E-state index in [0.29, 0.717) is 10.7 Å². The van der Waals surface area contributed by atoms with Crippen molar-refractivity contribution in [2.75, 3.05) is 0 Å². The maximum absolute atomic E-state index is 11.5. The van der Waals surface area contributed by atoms with Crippen LogP contribution in [-0.2, 0) is 0 Å². The molecule has 2 aromatic rings. The normalized spacial score (nSPS) is 11.4. The third-order valence-corrected chi connectivity index (χ3v) is 2.29. The number of H-pyrrole nitrogens is 1. The minimum Gasteiger partial charge on any atom is -0.304 e. The van der Waals surface area contributed by atoms with Crippen molar-refractivity contribution < 1.29 is 0 Å². The standard InChI is InChI=1S/C9H10ClN3O/c1-5(2)13-7-3-8(10)11-4-6(7)12-9(13)14/h3-5H,1-2H3,(H,12,14). The first-order valence-corrected chi connectivity index (χ1v) is 4.73. The van der Waals surface area contributed by atoms with Gasteiger partial charge in [-0.25, -0.2) is 9.78 Å². The van der Waals surface area contributed by atoms with Gasteiger partial charge in [-0.15, -0.1) is 0 Å². The molecule has 0 aliphatic rings. The third kappa shape index (κ3) is 1.32. The molecule has 2 rings (SSSR count). The molecule has 0 spiro atoms. The van der Waals surface area contributed by atoms with Crippen LogP contribution < -0.4 is 5.69 Å². The molecule has 0 unspecified atom stereocenters. The van der Waals surface area contributed by atoms with Gasteiger partial charge >= 0.3 is 5.69 Å². The van der Waals surface area contributed by atoms with Crippen molar-refractivity contribution in [3.05, 3.63) is 27.9 Å². The molecule has 0 aliphatic heterocycles. The van der Waals surface area contributed by atoms with Crippen molar-refractivity contribution in [3.8, 4) is 0 Å². The minimum atomic E-state index is -0.126. The number of imidazole rings is 1. The monoisotopic (exact) mass is 211 g/mol. The molecule has 0 atom stereocenters. The van der Waals surface area contributed by atoms with Gasteiger partial charge in [0.25, 0.3) is 0 Å². The molecule has 5 heteroatoms. The second-order valence-corrected chi connectivity index (χ2v) is 3.81. The van der Waals surface area contributed by atoms with E-state index in [1.165, 1.54) is 0 Å². The molecule has 0 saturated carbocycles. The van der Waals surface area contributed by atoms with Crippen molar-refractivity contribution in [2.45, 2.75) is 19.9 Å². The van der Waals surface area contributed by atoms with Gasteiger partial charge in [0.05, 0.1) is 17.2 Å². The number of nitrogens with zero attached hydrogens (tertiary/aromatic N) is 2. The highest BCUT2D eigenvalue weighted by Crippen LogP contribution is 2.16. The summed E-state index contributed by atoms with van der Waals surface area (Å²) in [6.07, 6.45) is 1.57. The Morgan fingerprint density at radius 2 is 2.29 bits per heavy atom. The molecule has 0 amide bonds. The zero-order valence-electron chi connectivity index (χ0n) is 7.91. The van der Waals surface area contributed by atoms with Crippen LogP contribution in [0, 0.1) is 0 Å². The number of pyridine rings is 1. The predicted molar refractivity (Wildman–Crippen MR) is 55.7 cm³/mol. The molecule has 0 fully saturated rings. The number of hydrogen-bond donors (Lipinski definition) is 1. The molecule has 0 radical (unpaired) electrons. The minimum absolute atomic E-state index is 0.106. The lowest BCUT2D eigenvalue weighted by atomic mass is 10.3. The fourth-order valence-electron chi connectivity index (χ4n) is 1.51. The van der Waals surface area contributed by atoms with Gasteiger partial charge in [-0.3, -0.25) is 4.57 Å². The van der Waals surface area contributed by atoms with Crippen LogP contribution in [0.1, 0.15) is 19.9 Å². The van der Waals surface area contributed by atoms with E-state index in [2.05, 4.69) is 9.97 Å². The largest absolute Gasteiger partial charge is 0.326 e. The average Bonchev–Trinajstić information content (AvgIpc) is 2.40. The molecule has 2 aromatic heterocycles. The van der Waals surface area contributed by atoms with E-state index in [0.717, 1.165) is 5.52 Å². The van der Waals surface area contributed by atoms with Gasteiger partial charge in [-0.05, 0) is 13.8 Å². The number of aromatic amines is 1. The first kappa shape index (κ1) is 9.27. The van der Waals surface area contributed by atoms with E-state index in [4.69, 9.17) is 11.6 Å². The molecule has 0 bridgehead atoms. The van der Waals surface area contributed by atoms with Gasteiger partial charge in [0.15, 0.2) is 0 Å². The van der Waals surface area contributed by atoms with Gasteiger partial charge in [0.2, 0.25) is 0 Å². The molecule has 4 nitrogen and oxygen atoms in total. The second kappa shape index (κ2) is 3.13.